The number of rotatable bonds is 48. The number of hydrogen-bond donors (Lipinski definition) is 0. The maximum atomic E-state index is 12.8. The maximum Gasteiger partial charge on any atom is 0.306 e. The van der Waals surface area contributed by atoms with Gasteiger partial charge in [-0.2, -0.15) is 0 Å². The third kappa shape index (κ3) is 45.8. The Kier molecular flexibility index (Phi) is 46.2. The summed E-state index contributed by atoms with van der Waals surface area (Å²) in [6, 6.07) is 0. The molecule has 0 rings (SSSR count). The van der Waals surface area contributed by atoms with Crippen LogP contribution in [-0.4, -0.2) is 37.2 Å². The first-order valence-electron chi connectivity index (χ1n) is 26.4. The average molecular weight is 835 g/mol. The van der Waals surface area contributed by atoms with Crippen LogP contribution >= 0.6 is 0 Å². The van der Waals surface area contributed by atoms with Crippen molar-refractivity contribution in [2.45, 2.75) is 303 Å². The molecule has 0 radical (unpaired) electrons. The zero-order valence-corrected chi connectivity index (χ0v) is 40.2. The van der Waals surface area contributed by atoms with Crippen LogP contribution in [0.5, 0.6) is 0 Å². The lowest BCUT2D eigenvalue weighted by Gasteiger charge is -2.18. The van der Waals surface area contributed by atoms with E-state index in [2.05, 4.69) is 27.7 Å². The van der Waals surface area contributed by atoms with Crippen molar-refractivity contribution in [3.05, 3.63) is 0 Å². The lowest BCUT2D eigenvalue weighted by molar-refractivity contribution is -0.167. The van der Waals surface area contributed by atoms with Gasteiger partial charge in [-0.1, -0.05) is 259 Å². The molecule has 2 atom stereocenters. The summed E-state index contributed by atoms with van der Waals surface area (Å²) >= 11 is 0. The van der Waals surface area contributed by atoms with Gasteiger partial charge in [0.15, 0.2) is 6.10 Å². The Balaban J connectivity index is 4.28. The smallest absolute Gasteiger partial charge is 0.306 e. The van der Waals surface area contributed by atoms with Crippen LogP contribution in [0.3, 0.4) is 0 Å². The summed E-state index contributed by atoms with van der Waals surface area (Å²) in [4.78, 5) is 37.9. The Morgan fingerprint density at radius 2 is 0.593 bits per heavy atom. The molecule has 0 saturated heterocycles. The lowest BCUT2D eigenvalue weighted by Crippen LogP contribution is -2.30. The van der Waals surface area contributed by atoms with E-state index in [0.717, 1.165) is 63.7 Å². The Bertz CT molecular complexity index is 889. The van der Waals surface area contributed by atoms with Gasteiger partial charge >= 0.3 is 17.9 Å². The van der Waals surface area contributed by atoms with E-state index in [0.29, 0.717) is 19.3 Å². The van der Waals surface area contributed by atoms with E-state index in [9.17, 15) is 14.4 Å². The minimum atomic E-state index is -0.760. The zero-order chi connectivity index (χ0) is 43.1. The molecule has 1 unspecified atom stereocenters. The van der Waals surface area contributed by atoms with Crippen LogP contribution in [0.15, 0.2) is 0 Å². The lowest BCUT2D eigenvalue weighted by atomic mass is 9.99. The van der Waals surface area contributed by atoms with Crippen molar-refractivity contribution < 1.29 is 28.6 Å². The number of unbranched alkanes of at least 4 members (excludes halogenated alkanes) is 34. The van der Waals surface area contributed by atoms with Crippen LogP contribution < -0.4 is 0 Å². The van der Waals surface area contributed by atoms with Gasteiger partial charge in [0.1, 0.15) is 13.2 Å². The van der Waals surface area contributed by atoms with Crippen molar-refractivity contribution in [1.29, 1.82) is 0 Å². The monoisotopic (exact) mass is 835 g/mol. The Hall–Kier alpha value is -1.59. The van der Waals surface area contributed by atoms with Gasteiger partial charge in [-0.25, -0.2) is 0 Å². The molecule has 0 heterocycles. The fraction of sp³-hybridized carbons (Fsp3) is 0.943. The zero-order valence-electron chi connectivity index (χ0n) is 40.2. The SMILES string of the molecule is CCCCCCCCCCCCCCCCCCC(=O)OC[C@H](COC(=O)CCCCCCCCCCCCC(C)CC)OC(=O)CCCCCCCCCCCCC. The van der Waals surface area contributed by atoms with Gasteiger partial charge in [-0.15, -0.1) is 0 Å². The minimum absolute atomic E-state index is 0.0627. The van der Waals surface area contributed by atoms with Crippen molar-refractivity contribution in [1.82, 2.24) is 0 Å². The molecule has 59 heavy (non-hydrogen) atoms. The van der Waals surface area contributed by atoms with E-state index in [4.69, 9.17) is 14.2 Å². The maximum absolute atomic E-state index is 12.8. The molecule has 0 aliphatic heterocycles. The highest BCUT2D eigenvalue weighted by atomic mass is 16.6. The van der Waals surface area contributed by atoms with Gasteiger partial charge in [0.25, 0.3) is 0 Å². The van der Waals surface area contributed by atoms with Gasteiger partial charge in [-0.05, 0) is 25.2 Å². The molecule has 350 valence electrons. The molecule has 0 fully saturated rings. The number of carbonyl (C=O) groups excluding carboxylic acids is 3. The fourth-order valence-electron chi connectivity index (χ4n) is 8.01. The summed E-state index contributed by atoms with van der Waals surface area (Å²) in [5.74, 6) is 0.0259. The van der Waals surface area contributed by atoms with Crippen molar-refractivity contribution in [3.8, 4) is 0 Å². The van der Waals surface area contributed by atoms with Crippen LogP contribution in [0.2, 0.25) is 0 Å². The first-order valence-corrected chi connectivity index (χ1v) is 26.4. The second-order valence-electron chi connectivity index (χ2n) is 18.4. The van der Waals surface area contributed by atoms with E-state index >= 15 is 0 Å². The molecular formula is C53H102O6. The average Bonchev–Trinajstić information content (AvgIpc) is 3.23. The van der Waals surface area contributed by atoms with Crippen LogP contribution in [0.1, 0.15) is 297 Å². The largest absolute Gasteiger partial charge is 0.462 e. The van der Waals surface area contributed by atoms with Crippen molar-refractivity contribution in [2.75, 3.05) is 13.2 Å². The second kappa shape index (κ2) is 47.5. The summed E-state index contributed by atoms with van der Waals surface area (Å²) in [5, 5.41) is 0. The molecule has 6 nitrogen and oxygen atoms in total. The Morgan fingerprint density at radius 3 is 0.881 bits per heavy atom. The molecule has 0 bridgehead atoms. The van der Waals surface area contributed by atoms with Crippen molar-refractivity contribution >= 4 is 17.9 Å². The number of esters is 3. The van der Waals surface area contributed by atoms with Crippen LogP contribution in [0.25, 0.3) is 0 Å². The Morgan fingerprint density at radius 1 is 0.339 bits per heavy atom. The fourth-order valence-corrected chi connectivity index (χ4v) is 8.01. The van der Waals surface area contributed by atoms with Gasteiger partial charge in [0.05, 0.1) is 0 Å². The van der Waals surface area contributed by atoms with Gasteiger partial charge in [0, 0.05) is 19.3 Å². The highest BCUT2D eigenvalue weighted by Crippen LogP contribution is 2.18. The molecule has 0 saturated carbocycles. The third-order valence-electron chi connectivity index (χ3n) is 12.4. The van der Waals surface area contributed by atoms with E-state index in [-0.39, 0.29) is 31.1 Å². The molecule has 0 amide bonds. The third-order valence-corrected chi connectivity index (χ3v) is 12.4. The van der Waals surface area contributed by atoms with Crippen LogP contribution in [-0.2, 0) is 28.6 Å². The summed E-state index contributed by atoms with van der Waals surface area (Å²) < 4.78 is 16.8. The predicted octanol–water partition coefficient (Wildman–Crippen LogP) is 17.1. The first kappa shape index (κ1) is 57.4. The highest BCUT2D eigenvalue weighted by Gasteiger charge is 2.19. The summed E-state index contributed by atoms with van der Waals surface area (Å²) in [7, 11) is 0. The molecule has 0 aromatic rings. The molecule has 0 aromatic heterocycles. The van der Waals surface area contributed by atoms with Crippen LogP contribution in [0, 0.1) is 5.92 Å². The van der Waals surface area contributed by atoms with Crippen molar-refractivity contribution in [2.24, 2.45) is 5.92 Å². The molecule has 0 N–H and O–H groups in total. The summed E-state index contributed by atoms with van der Waals surface area (Å²) in [6.45, 7) is 9.05. The number of hydrogen-bond acceptors (Lipinski definition) is 6. The first-order chi connectivity index (χ1) is 28.9. The molecule has 0 aliphatic carbocycles. The predicted molar refractivity (Wildman–Crippen MR) is 252 cm³/mol. The minimum Gasteiger partial charge on any atom is -0.462 e. The molecule has 0 aromatic carbocycles. The van der Waals surface area contributed by atoms with E-state index in [1.54, 1.807) is 0 Å². The standard InChI is InChI=1S/C53H102O6/c1-5-8-10-12-14-16-18-19-20-21-22-24-28-32-36-40-44-51(54)57-47-50(59-53(56)46-42-38-34-30-23-17-15-13-11-9-6-2)48-58-52(55)45-41-37-33-29-26-25-27-31-35-39-43-49(4)7-3/h49-50H,5-48H2,1-4H3/t49?,50-/m1/s1. The highest BCUT2D eigenvalue weighted by molar-refractivity contribution is 5.71. The van der Waals surface area contributed by atoms with Gasteiger partial charge in [-0.3, -0.25) is 14.4 Å². The topological polar surface area (TPSA) is 78.9 Å². The van der Waals surface area contributed by atoms with Crippen LogP contribution in [0.4, 0.5) is 0 Å². The summed E-state index contributed by atoms with van der Waals surface area (Å²) in [5.41, 5.74) is 0. The van der Waals surface area contributed by atoms with Crippen molar-refractivity contribution in [3.63, 3.8) is 0 Å². The molecule has 6 heteroatoms. The van der Waals surface area contributed by atoms with Gasteiger partial charge < -0.3 is 14.2 Å². The molecule has 0 aliphatic rings. The van der Waals surface area contributed by atoms with E-state index in [1.165, 1.54) is 193 Å². The normalized spacial score (nSPS) is 12.4. The Labute approximate surface area is 368 Å². The second-order valence-corrected chi connectivity index (χ2v) is 18.4. The molecular weight excluding hydrogens is 733 g/mol. The van der Waals surface area contributed by atoms with Gasteiger partial charge in [0.2, 0.25) is 0 Å². The molecule has 0 spiro atoms. The number of ether oxygens (including phenoxy) is 3. The van der Waals surface area contributed by atoms with E-state index < -0.39 is 6.10 Å². The quantitative estimate of drug-likeness (QED) is 0.0345. The number of carbonyl (C=O) groups is 3. The summed E-state index contributed by atoms with van der Waals surface area (Å²) in [6.07, 6.45) is 49.3. The van der Waals surface area contributed by atoms with E-state index in [1.807, 2.05) is 0 Å².